The number of halogens is 2. The van der Waals surface area contributed by atoms with E-state index in [9.17, 15) is 10.1 Å². The van der Waals surface area contributed by atoms with Crippen molar-refractivity contribution in [3.05, 3.63) is 50.5 Å². The largest absolute Gasteiger partial charge is 0.288 e. The van der Waals surface area contributed by atoms with Crippen molar-refractivity contribution in [2.45, 2.75) is 0 Å². The summed E-state index contributed by atoms with van der Waals surface area (Å²) in [4.78, 5) is 13.8. The molecular formula is C10H4Cl2N4O2. The molecular weight excluding hydrogens is 279 g/mol. The summed E-state index contributed by atoms with van der Waals surface area (Å²) in [6.45, 7) is 0. The van der Waals surface area contributed by atoms with Gasteiger partial charge in [0.1, 0.15) is 6.07 Å². The van der Waals surface area contributed by atoms with Crippen LogP contribution in [0.1, 0.15) is 5.82 Å². The number of rotatable bonds is 2. The maximum absolute atomic E-state index is 10.6. The lowest BCUT2D eigenvalue weighted by Gasteiger charge is -2.08. The molecule has 90 valence electrons. The van der Waals surface area contributed by atoms with Crippen LogP contribution in [0, 0.1) is 21.4 Å². The van der Waals surface area contributed by atoms with Gasteiger partial charge in [-0.3, -0.25) is 14.7 Å². The van der Waals surface area contributed by atoms with Crippen molar-refractivity contribution in [1.29, 1.82) is 5.26 Å². The molecule has 0 amide bonds. The lowest BCUT2D eigenvalue weighted by atomic mass is 10.2. The van der Waals surface area contributed by atoms with Gasteiger partial charge in [0, 0.05) is 24.5 Å². The normalized spacial score (nSPS) is 10.1. The summed E-state index contributed by atoms with van der Waals surface area (Å²) < 4.78 is 1.37. The Kier molecular flexibility index (Phi) is 3.19. The zero-order valence-corrected chi connectivity index (χ0v) is 10.2. The van der Waals surface area contributed by atoms with Gasteiger partial charge < -0.3 is 0 Å². The van der Waals surface area contributed by atoms with E-state index in [1.165, 1.54) is 29.1 Å². The summed E-state index contributed by atoms with van der Waals surface area (Å²) in [7, 11) is 0. The molecule has 0 aliphatic carbocycles. The Labute approximate surface area is 111 Å². The third-order valence-corrected chi connectivity index (χ3v) is 2.77. The fraction of sp³-hybridized carbons (Fsp3) is 0. The number of benzene rings is 1. The van der Waals surface area contributed by atoms with E-state index in [1.807, 2.05) is 6.07 Å². The zero-order chi connectivity index (χ0) is 13.3. The van der Waals surface area contributed by atoms with Crippen LogP contribution >= 0.6 is 23.2 Å². The van der Waals surface area contributed by atoms with Crippen molar-refractivity contribution in [2.75, 3.05) is 0 Å². The lowest BCUT2D eigenvalue weighted by Crippen LogP contribution is -2.00. The topological polar surface area (TPSA) is 84.8 Å². The number of imidazole rings is 1. The molecule has 0 spiro atoms. The molecule has 6 nitrogen and oxygen atoms in total. The van der Waals surface area contributed by atoms with Crippen LogP contribution in [0.25, 0.3) is 5.69 Å². The zero-order valence-electron chi connectivity index (χ0n) is 8.67. The first kappa shape index (κ1) is 12.4. The van der Waals surface area contributed by atoms with Gasteiger partial charge in [-0.25, -0.2) is 4.98 Å². The van der Waals surface area contributed by atoms with Gasteiger partial charge in [-0.15, -0.1) is 0 Å². The Morgan fingerprint density at radius 1 is 1.39 bits per heavy atom. The molecule has 1 aromatic carbocycles. The number of nitriles is 1. The van der Waals surface area contributed by atoms with Gasteiger partial charge in [0.2, 0.25) is 5.82 Å². The van der Waals surface area contributed by atoms with Crippen molar-refractivity contribution < 1.29 is 4.92 Å². The Morgan fingerprint density at radius 3 is 2.50 bits per heavy atom. The Morgan fingerprint density at radius 2 is 2.00 bits per heavy atom. The fourth-order valence-electron chi connectivity index (χ4n) is 1.45. The molecule has 0 bridgehead atoms. The van der Waals surface area contributed by atoms with Gasteiger partial charge in [0.25, 0.3) is 5.69 Å². The van der Waals surface area contributed by atoms with Crippen molar-refractivity contribution in [3.8, 4) is 11.8 Å². The second-order valence-electron chi connectivity index (χ2n) is 3.25. The van der Waals surface area contributed by atoms with Crippen LogP contribution in [0.3, 0.4) is 0 Å². The first-order valence-corrected chi connectivity index (χ1v) is 5.37. The smallest absolute Gasteiger partial charge is 0.272 e. The summed E-state index contributed by atoms with van der Waals surface area (Å²) in [5.74, 6) is 0.0904. The number of hydrogen-bond donors (Lipinski definition) is 0. The molecule has 0 saturated heterocycles. The predicted molar refractivity (Wildman–Crippen MR) is 65.0 cm³/mol. The monoisotopic (exact) mass is 282 g/mol. The van der Waals surface area contributed by atoms with E-state index in [2.05, 4.69) is 4.98 Å². The van der Waals surface area contributed by atoms with E-state index in [1.54, 1.807) is 0 Å². The molecule has 2 rings (SSSR count). The Hall–Kier alpha value is -2.10. The van der Waals surface area contributed by atoms with Gasteiger partial charge in [-0.05, 0) is 0 Å². The molecule has 0 saturated carbocycles. The van der Waals surface area contributed by atoms with Gasteiger partial charge in [-0.2, -0.15) is 5.26 Å². The number of hydrogen-bond acceptors (Lipinski definition) is 4. The van der Waals surface area contributed by atoms with Crippen molar-refractivity contribution >= 4 is 28.9 Å². The van der Waals surface area contributed by atoms with Gasteiger partial charge in [0.05, 0.1) is 20.7 Å². The van der Waals surface area contributed by atoms with Crippen LogP contribution < -0.4 is 0 Å². The van der Waals surface area contributed by atoms with Crippen LogP contribution in [0.4, 0.5) is 5.69 Å². The molecule has 0 unspecified atom stereocenters. The maximum Gasteiger partial charge on any atom is 0.272 e. The lowest BCUT2D eigenvalue weighted by molar-refractivity contribution is -0.384. The summed E-state index contributed by atoms with van der Waals surface area (Å²) in [5, 5.41) is 19.7. The Bertz CT molecular complexity index is 652. The van der Waals surface area contributed by atoms with Gasteiger partial charge in [0.15, 0.2) is 0 Å². The van der Waals surface area contributed by atoms with Crippen LogP contribution in [-0.2, 0) is 0 Å². The van der Waals surface area contributed by atoms with E-state index in [0.717, 1.165) is 0 Å². The van der Waals surface area contributed by atoms with Crippen LogP contribution in [0.15, 0.2) is 24.5 Å². The highest BCUT2D eigenvalue weighted by Crippen LogP contribution is 2.33. The fourth-order valence-corrected chi connectivity index (χ4v) is 2.11. The molecule has 18 heavy (non-hydrogen) atoms. The summed E-state index contributed by atoms with van der Waals surface area (Å²) in [6, 6.07) is 4.21. The van der Waals surface area contributed by atoms with E-state index >= 15 is 0 Å². The highest BCUT2D eigenvalue weighted by atomic mass is 35.5. The summed E-state index contributed by atoms with van der Waals surface area (Å²) in [6.07, 6.45) is 2.91. The van der Waals surface area contributed by atoms with E-state index in [4.69, 9.17) is 28.5 Å². The molecule has 8 heteroatoms. The average Bonchev–Trinajstić information content (AvgIpc) is 2.76. The van der Waals surface area contributed by atoms with Crippen molar-refractivity contribution in [3.63, 3.8) is 0 Å². The van der Waals surface area contributed by atoms with Gasteiger partial charge >= 0.3 is 0 Å². The third kappa shape index (κ3) is 2.01. The standard InChI is InChI=1S/C10H4Cl2N4O2/c11-7-3-6(16(17)18)4-8(12)10(7)15-2-1-14-9(15)5-13/h1-4H. The van der Waals surface area contributed by atoms with Crippen molar-refractivity contribution in [1.82, 2.24) is 9.55 Å². The molecule has 0 N–H and O–H groups in total. The number of non-ortho nitro benzene ring substituents is 1. The molecule has 0 aliphatic rings. The van der Waals surface area contributed by atoms with E-state index in [-0.39, 0.29) is 27.2 Å². The third-order valence-electron chi connectivity index (χ3n) is 2.19. The number of nitro benzene ring substituents is 1. The quantitative estimate of drug-likeness (QED) is 0.626. The minimum Gasteiger partial charge on any atom is -0.288 e. The first-order chi connectivity index (χ1) is 8.54. The minimum atomic E-state index is -0.597. The second kappa shape index (κ2) is 4.64. The maximum atomic E-state index is 10.6. The molecule has 0 radical (unpaired) electrons. The van der Waals surface area contributed by atoms with Crippen LogP contribution in [0.2, 0.25) is 10.0 Å². The van der Waals surface area contributed by atoms with Gasteiger partial charge in [-0.1, -0.05) is 23.2 Å². The van der Waals surface area contributed by atoms with E-state index in [0.29, 0.717) is 0 Å². The summed E-state index contributed by atoms with van der Waals surface area (Å²) >= 11 is 11.9. The van der Waals surface area contributed by atoms with Crippen LogP contribution in [-0.4, -0.2) is 14.5 Å². The molecule has 0 aliphatic heterocycles. The number of nitro groups is 1. The predicted octanol–water partition coefficient (Wildman–Crippen LogP) is 2.96. The average molecular weight is 283 g/mol. The number of nitrogens with zero attached hydrogens (tertiary/aromatic N) is 4. The molecule has 0 atom stereocenters. The van der Waals surface area contributed by atoms with E-state index < -0.39 is 4.92 Å². The molecule has 1 aromatic heterocycles. The molecule has 0 fully saturated rings. The number of aromatic nitrogens is 2. The molecule has 2 aromatic rings. The van der Waals surface area contributed by atoms with Crippen LogP contribution in [0.5, 0.6) is 0 Å². The minimum absolute atomic E-state index is 0.0729. The second-order valence-corrected chi connectivity index (χ2v) is 4.06. The molecule has 1 heterocycles. The van der Waals surface area contributed by atoms with Crippen molar-refractivity contribution in [2.24, 2.45) is 0 Å². The Balaban J connectivity index is 2.67. The summed E-state index contributed by atoms with van der Waals surface area (Å²) in [5.41, 5.74) is 0.0744. The SMILES string of the molecule is N#Cc1nccn1-c1c(Cl)cc([N+](=O)[O-])cc1Cl. The highest BCUT2D eigenvalue weighted by Gasteiger charge is 2.17. The highest BCUT2D eigenvalue weighted by molar-refractivity contribution is 6.38. The first-order valence-electron chi connectivity index (χ1n) is 4.62.